The number of hydrogen-bond acceptors (Lipinski definition) is 10. The van der Waals surface area contributed by atoms with Gasteiger partial charge in [-0.05, 0) is 54.4 Å². The van der Waals surface area contributed by atoms with E-state index in [1.165, 1.54) is 22.7 Å². The minimum Gasteiger partial charge on any atom is -0.488 e. The molecule has 0 saturated heterocycles. The van der Waals surface area contributed by atoms with Gasteiger partial charge in [0, 0.05) is 29.7 Å². The average Bonchev–Trinajstić information content (AvgIpc) is 4.00. The van der Waals surface area contributed by atoms with E-state index in [9.17, 15) is 54.6 Å². The van der Waals surface area contributed by atoms with Crippen LogP contribution in [0.4, 0.5) is 35.1 Å². The summed E-state index contributed by atoms with van der Waals surface area (Å²) in [5.41, 5.74) is -1.64. The van der Waals surface area contributed by atoms with Crippen LogP contribution in [0.5, 0.6) is 11.5 Å². The Balaban J connectivity index is 0.000000204. The van der Waals surface area contributed by atoms with Crippen LogP contribution in [-0.4, -0.2) is 58.6 Å². The van der Waals surface area contributed by atoms with Crippen molar-refractivity contribution in [2.75, 3.05) is 6.61 Å². The van der Waals surface area contributed by atoms with Gasteiger partial charge in [-0.15, -0.1) is 0 Å². The van der Waals surface area contributed by atoms with Crippen molar-refractivity contribution < 1.29 is 68.8 Å². The number of halogens is 8. The van der Waals surface area contributed by atoms with Crippen molar-refractivity contribution >= 4 is 29.0 Å². The third-order valence-electron chi connectivity index (χ3n) is 9.99. The van der Waals surface area contributed by atoms with Gasteiger partial charge in [0.1, 0.15) is 60.1 Å². The van der Waals surface area contributed by atoms with Crippen LogP contribution in [0.1, 0.15) is 62.7 Å². The molecule has 0 atom stereocenters. The zero-order chi connectivity index (χ0) is 48.8. The first-order valence-corrected chi connectivity index (χ1v) is 20.2. The minimum atomic E-state index is -4.92. The molecule has 0 spiro atoms. The molecule has 0 bridgehead atoms. The summed E-state index contributed by atoms with van der Waals surface area (Å²) in [6.45, 7) is 1.87. The Labute approximate surface area is 379 Å². The maximum absolute atomic E-state index is 13.9. The molecule has 0 unspecified atom stereocenters. The number of pyridine rings is 2. The summed E-state index contributed by atoms with van der Waals surface area (Å²) < 4.78 is 126. The van der Waals surface area contributed by atoms with Gasteiger partial charge in [0.05, 0.1) is 35.5 Å². The molecule has 4 heterocycles. The monoisotopic (exact) mass is 946 g/mol. The largest absolute Gasteiger partial charge is 0.488 e. The van der Waals surface area contributed by atoms with Crippen LogP contribution in [0, 0.1) is 11.6 Å². The van der Waals surface area contributed by atoms with E-state index in [0.717, 1.165) is 34.4 Å². The number of carboxylic acids is 1. The fourth-order valence-corrected chi connectivity index (χ4v) is 6.86. The third-order valence-corrected chi connectivity index (χ3v) is 9.99. The van der Waals surface area contributed by atoms with Crippen LogP contribution in [0.25, 0.3) is 33.8 Å². The normalized spacial score (nSPS) is 11.5. The summed E-state index contributed by atoms with van der Waals surface area (Å²) in [5, 5.41) is 17.7. The summed E-state index contributed by atoms with van der Waals surface area (Å²) >= 11 is 0. The van der Waals surface area contributed by atoms with E-state index in [1.807, 2.05) is 6.07 Å². The lowest BCUT2D eigenvalue weighted by Crippen LogP contribution is -2.12. The Bertz CT molecular complexity index is 3120. The molecule has 0 fully saturated rings. The van der Waals surface area contributed by atoms with E-state index in [0.29, 0.717) is 24.3 Å². The summed E-state index contributed by atoms with van der Waals surface area (Å²) in [5.74, 6) is -5.30. The van der Waals surface area contributed by atoms with Crippen LogP contribution < -0.4 is 9.47 Å². The van der Waals surface area contributed by atoms with Crippen molar-refractivity contribution in [1.29, 1.82) is 0 Å². The predicted molar refractivity (Wildman–Crippen MR) is 225 cm³/mol. The predicted octanol–water partition coefficient (Wildman–Crippen LogP) is 10.5. The standard InChI is InChI=1S/C26H21F4N3O4.C21H13F4N3O3/c1-2-36-23(35)11-10-21(34)24-22(37-14-16-6-4-3-5-7-16)13-20(33-25(24)31-15-32-33)17-8-9-19(27)18(12-17)26(28,29)30;22-15-7-6-13(8-14(15)21(23,24)25)16-9-17(31-10-12-4-2-1-3-5-12)18(20(29)30)19-26-11-27-28(16)19/h3-9,12-13,15H,2,10-11,14H2,1H3;1-9,11H,10H2,(H,29,30). The van der Waals surface area contributed by atoms with E-state index in [2.05, 4.69) is 20.2 Å². The van der Waals surface area contributed by atoms with Crippen LogP contribution in [-0.2, 0) is 35.1 Å². The van der Waals surface area contributed by atoms with Crippen LogP contribution in [0.3, 0.4) is 0 Å². The number of rotatable bonds is 14. The molecule has 0 radical (unpaired) electrons. The fraction of sp³-hybridized carbons (Fsp3) is 0.170. The first-order valence-electron chi connectivity index (χ1n) is 20.2. The average molecular weight is 947 g/mol. The third kappa shape index (κ3) is 10.7. The van der Waals surface area contributed by atoms with Gasteiger partial charge >= 0.3 is 24.3 Å². The lowest BCUT2D eigenvalue weighted by Gasteiger charge is -2.16. The molecule has 13 nitrogen and oxygen atoms in total. The molecule has 4 aromatic heterocycles. The number of fused-ring (bicyclic) bond motifs is 2. The molecule has 68 heavy (non-hydrogen) atoms. The van der Waals surface area contributed by atoms with Gasteiger partial charge in [-0.25, -0.2) is 32.6 Å². The van der Waals surface area contributed by atoms with E-state index in [1.54, 1.807) is 61.5 Å². The molecule has 8 aromatic rings. The van der Waals surface area contributed by atoms with Gasteiger partial charge in [0.15, 0.2) is 17.1 Å². The van der Waals surface area contributed by atoms with Crippen molar-refractivity contribution in [3.63, 3.8) is 0 Å². The van der Waals surface area contributed by atoms with Crippen molar-refractivity contribution in [2.24, 2.45) is 0 Å². The van der Waals surface area contributed by atoms with Crippen molar-refractivity contribution in [3.05, 3.63) is 167 Å². The Morgan fingerprint density at radius 3 is 1.47 bits per heavy atom. The smallest absolute Gasteiger partial charge is 0.419 e. The second kappa shape index (κ2) is 20.1. The lowest BCUT2D eigenvalue weighted by molar-refractivity contribution is -0.143. The number of aromatic carboxylic acids is 1. The molecular weight excluding hydrogens is 913 g/mol. The topological polar surface area (TPSA) is 160 Å². The number of esters is 1. The Morgan fingerprint density at radius 1 is 0.603 bits per heavy atom. The first kappa shape index (κ1) is 47.7. The van der Waals surface area contributed by atoms with Crippen molar-refractivity contribution in [1.82, 2.24) is 29.2 Å². The molecule has 0 aliphatic heterocycles. The zero-order valence-corrected chi connectivity index (χ0v) is 35.2. The number of carboxylic acid groups (broad SMARTS) is 1. The lowest BCUT2D eigenvalue weighted by atomic mass is 10.0. The second-order valence-electron chi connectivity index (χ2n) is 14.5. The number of benzene rings is 4. The van der Waals surface area contributed by atoms with Gasteiger partial charge in [0.25, 0.3) is 0 Å². The zero-order valence-electron chi connectivity index (χ0n) is 35.2. The molecule has 8 rings (SSSR count). The first-order chi connectivity index (χ1) is 32.4. The summed E-state index contributed by atoms with van der Waals surface area (Å²) in [6.07, 6.45) is -8.01. The molecule has 0 aliphatic carbocycles. The highest BCUT2D eigenvalue weighted by molar-refractivity contribution is 6.05. The maximum Gasteiger partial charge on any atom is 0.419 e. The Kier molecular flexibility index (Phi) is 14.1. The molecule has 0 saturated carbocycles. The van der Waals surface area contributed by atoms with E-state index < -0.39 is 52.8 Å². The molecule has 1 N–H and O–H groups in total. The highest BCUT2D eigenvalue weighted by Gasteiger charge is 2.36. The highest BCUT2D eigenvalue weighted by atomic mass is 19.4. The van der Waals surface area contributed by atoms with Gasteiger partial charge in [-0.1, -0.05) is 60.7 Å². The number of nitrogens with zero attached hydrogens (tertiary/aromatic N) is 6. The number of ketones is 1. The minimum absolute atomic E-state index is 0.0136. The van der Waals surface area contributed by atoms with Crippen LogP contribution in [0.15, 0.2) is 122 Å². The number of aromatic nitrogens is 6. The molecule has 4 aromatic carbocycles. The van der Waals surface area contributed by atoms with E-state index in [4.69, 9.17) is 14.2 Å². The van der Waals surface area contributed by atoms with Gasteiger partial charge in [-0.3, -0.25) is 9.59 Å². The molecule has 21 heteroatoms. The van der Waals surface area contributed by atoms with Crippen LogP contribution >= 0.6 is 0 Å². The number of carbonyl (C=O) groups excluding carboxylic acids is 2. The number of Topliss-reactive ketones (excluding diaryl/α,β-unsaturated/α-hetero) is 1. The van der Waals surface area contributed by atoms with Gasteiger partial charge < -0.3 is 19.3 Å². The van der Waals surface area contributed by atoms with E-state index in [-0.39, 0.29) is 89.1 Å². The number of ether oxygens (including phenoxy) is 3. The molecule has 350 valence electrons. The number of hydrogen-bond donors (Lipinski definition) is 1. The Morgan fingerprint density at radius 2 is 1.04 bits per heavy atom. The SMILES string of the molecule is CCOC(=O)CCC(=O)c1c(OCc2ccccc2)cc(-c2ccc(F)c(C(F)(F)F)c2)n2ncnc12.O=C(O)c1c(OCc2ccccc2)cc(-c2ccc(F)c(C(F)(F)F)c2)n2ncnc12. The summed E-state index contributed by atoms with van der Waals surface area (Å²) in [7, 11) is 0. The van der Waals surface area contributed by atoms with Crippen LogP contribution in [0.2, 0.25) is 0 Å². The van der Waals surface area contributed by atoms with E-state index >= 15 is 0 Å². The molecule has 0 amide bonds. The summed E-state index contributed by atoms with van der Waals surface area (Å²) in [6, 6.07) is 25.5. The number of carbonyl (C=O) groups is 3. The van der Waals surface area contributed by atoms with Crippen molar-refractivity contribution in [3.8, 4) is 34.0 Å². The van der Waals surface area contributed by atoms with Gasteiger partial charge in [-0.2, -0.15) is 36.5 Å². The van der Waals surface area contributed by atoms with Crippen molar-refractivity contribution in [2.45, 2.75) is 45.3 Å². The summed E-state index contributed by atoms with van der Waals surface area (Å²) in [4.78, 5) is 44.9. The Hall–Kier alpha value is -8.23. The maximum atomic E-state index is 13.9. The highest BCUT2D eigenvalue weighted by Crippen LogP contribution is 2.38. The molecule has 0 aliphatic rings. The van der Waals surface area contributed by atoms with Gasteiger partial charge in [0.2, 0.25) is 0 Å². The fourth-order valence-electron chi connectivity index (χ4n) is 6.86. The quantitative estimate of drug-likeness (QED) is 0.0628. The molecular formula is C47H34F8N6O7. The second-order valence-corrected chi connectivity index (χ2v) is 14.5. The number of alkyl halides is 6.